The zero-order chi connectivity index (χ0) is 21.5. The molecule has 0 atom stereocenters. The molecule has 0 fully saturated rings. The van der Waals surface area contributed by atoms with Gasteiger partial charge >= 0.3 is 0 Å². The van der Waals surface area contributed by atoms with E-state index in [0.29, 0.717) is 0 Å². The van der Waals surface area contributed by atoms with Gasteiger partial charge in [0.2, 0.25) is 0 Å². The third-order valence-electron chi connectivity index (χ3n) is 4.06. The van der Waals surface area contributed by atoms with Crippen LogP contribution in [0.2, 0.25) is 0 Å². The van der Waals surface area contributed by atoms with Crippen LogP contribution in [0.4, 0.5) is 11.4 Å². The summed E-state index contributed by atoms with van der Waals surface area (Å²) < 4.78 is 2.06. The molecule has 3 rings (SSSR count). The molecule has 1 aromatic heterocycles. The highest BCUT2D eigenvalue weighted by molar-refractivity contribution is 8.04. The molecule has 0 unspecified atom stereocenters. The van der Waals surface area contributed by atoms with E-state index in [2.05, 4.69) is 0 Å². The van der Waals surface area contributed by atoms with Crippen LogP contribution in [0.1, 0.15) is 11.1 Å². The summed E-state index contributed by atoms with van der Waals surface area (Å²) >= 11 is 5.74. The van der Waals surface area contributed by atoms with Crippen molar-refractivity contribution in [2.75, 3.05) is 11.5 Å². The van der Waals surface area contributed by atoms with Gasteiger partial charge in [0, 0.05) is 35.8 Å². The minimum atomic E-state index is -0.415. The van der Waals surface area contributed by atoms with E-state index in [1.165, 1.54) is 46.9 Å². The van der Waals surface area contributed by atoms with Crippen LogP contribution in [0, 0.1) is 20.2 Å². The van der Waals surface area contributed by atoms with Gasteiger partial charge in [0.25, 0.3) is 15.4 Å². The normalized spacial score (nSPS) is 10.8. The monoisotopic (exact) mass is 480 g/mol. The number of nitrogens with zero attached hydrogens (tertiary/aromatic N) is 2. The van der Waals surface area contributed by atoms with Gasteiger partial charge in [0.05, 0.1) is 18.3 Å². The molecule has 156 valence electrons. The van der Waals surface area contributed by atoms with Crippen molar-refractivity contribution in [1.29, 1.82) is 0 Å². The number of benzene rings is 2. The third kappa shape index (κ3) is 6.39. The van der Waals surface area contributed by atoms with Gasteiger partial charge in [-0.1, -0.05) is 46.9 Å². The number of hydrogen-bond donors (Lipinski definition) is 0. The van der Waals surface area contributed by atoms with Crippen LogP contribution in [0.15, 0.2) is 61.7 Å². The van der Waals surface area contributed by atoms with Crippen LogP contribution in [0.3, 0.4) is 0 Å². The second-order valence-electron chi connectivity index (χ2n) is 6.07. The Morgan fingerprint density at radius 2 is 1.07 bits per heavy atom. The predicted molar refractivity (Wildman–Crippen MR) is 124 cm³/mol. The van der Waals surface area contributed by atoms with E-state index in [1.54, 1.807) is 47.8 Å². The van der Waals surface area contributed by atoms with E-state index in [9.17, 15) is 25.0 Å². The van der Waals surface area contributed by atoms with Crippen molar-refractivity contribution in [2.24, 2.45) is 0 Å². The van der Waals surface area contributed by atoms with E-state index in [1.807, 2.05) is 0 Å². The molecule has 7 nitrogen and oxygen atoms in total. The molecular weight excluding hydrogens is 464 g/mol. The minimum absolute atomic E-state index is 0.0608. The number of hydrogen-bond acceptors (Lipinski definition) is 9. The SMILES string of the molecule is O=c1sc(SCCc2ccc([N+](=O)[O-])cc2)c(SCCc2ccc([N+](=O)[O-])cc2)s1. The topological polar surface area (TPSA) is 103 Å². The number of thioether (sulfide) groups is 2. The molecule has 0 aliphatic rings. The highest BCUT2D eigenvalue weighted by Crippen LogP contribution is 2.37. The van der Waals surface area contributed by atoms with Crippen molar-refractivity contribution in [2.45, 2.75) is 21.3 Å². The maximum Gasteiger partial charge on any atom is 0.289 e. The summed E-state index contributed by atoms with van der Waals surface area (Å²) in [4.78, 5) is 32.5. The Labute approximate surface area is 188 Å². The van der Waals surface area contributed by atoms with Crippen LogP contribution in [0.25, 0.3) is 0 Å². The van der Waals surface area contributed by atoms with Gasteiger partial charge in [0.15, 0.2) is 0 Å². The second-order valence-corrected chi connectivity index (χ2v) is 11.0. The summed E-state index contributed by atoms with van der Waals surface area (Å²) in [5.41, 5.74) is 2.19. The molecule has 0 saturated heterocycles. The molecule has 3 aromatic rings. The van der Waals surface area contributed by atoms with Crippen molar-refractivity contribution >= 4 is 57.6 Å². The van der Waals surface area contributed by atoms with Crippen molar-refractivity contribution in [3.63, 3.8) is 0 Å². The lowest BCUT2D eigenvalue weighted by Gasteiger charge is -2.04. The quantitative estimate of drug-likeness (QED) is 0.210. The summed E-state index contributed by atoms with van der Waals surface area (Å²) in [6.45, 7) is 0. The number of aryl methyl sites for hydroxylation is 2. The molecule has 11 heteroatoms. The fourth-order valence-corrected chi connectivity index (χ4v) is 7.89. The molecule has 0 bridgehead atoms. The lowest BCUT2D eigenvalue weighted by atomic mass is 10.1. The third-order valence-corrected chi connectivity index (χ3v) is 9.15. The lowest BCUT2D eigenvalue weighted by molar-refractivity contribution is -0.385. The first-order valence-electron chi connectivity index (χ1n) is 8.78. The summed E-state index contributed by atoms with van der Waals surface area (Å²) in [7, 11) is 0. The number of nitro benzene ring substituents is 2. The molecule has 0 saturated carbocycles. The standard InChI is InChI=1S/C19H16N2O5S4/c22-19-29-17(27-11-9-13-1-5-15(6-2-13)20(23)24)18(30-19)28-12-10-14-3-7-16(8-4-14)21(25)26/h1-8H,9-12H2. The number of rotatable bonds is 10. The number of non-ortho nitro benzene ring substituents is 2. The molecule has 0 radical (unpaired) electrons. The Hall–Kier alpha value is -2.21. The average Bonchev–Trinajstić information content (AvgIpc) is 3.08. The van der Waals surface area contributed by atoms with E-state index < -0.39 is 9.85 Å². The van der Waals surface area contributed by atoms with E-state index in [0.717, 1.165) is 43.9 Å². The summed E-state index contributed by atoms with van der Waals surface area (Å²) in [6.07, 6.45) is 1.51. The predicted octanol–water partition coefficient (Wildman–Crippen LogP) is 5.66. The van der Waals surface area contributed by atoms with Crippen molar-refractivity contribution < 1.29 is 9.85 Å². The first-order valence-corrected chi connectivity index (χ1v) is 12.4. The highest BCUT2D eigenvalue weighted by Gasteiger charge is 2.11. The van der Waals surface area contributed by atoms with Crippen molar-refractivity contribution in [3.8, 4) is 0 Å². The van der Waals surface area contributed by atoms with E-state index in [4.69, 9.17) is 0 Å². The Morgan fingerprint density at radius 3 is 1.40 bits per heavy atom. The summed E-state index contributed by atoms with van der Waals surface area (Å²) in [5, 5.41) is 21.4. The van der Waals surface area contributed by atoms with Gasteiger partial charge < -0.3 is 0 Å². The molecule has 30 heavy (non-hydrogen) atoms. The maximum absolute atomic E-state index is 11.9. The molecule has 0 N–H and O–H groups in total. The van der Waals surface area contributed by atoms with Gasteiger partial charge in [-0.25, -0.2) is 0 Å². The molecule has 0 aliphatic heterocycles. The second kappa shape index (κ2) is 10.7. The van der Waals surface area contributed by atoms with Gasteiger partial charge in [-0.05, 0) is 24.0 Å². The van der Waals surface area contributed by atoms with Gasteiger partial charge in [-0.3, -0.25) is 25.0 Å². The van der Waals surface area contributed by atoms with Crippen LogP contribution >= 0.6 is 46.2 Å². The largest absolute Gasteiger partial charge is 0.289 e. The Kier molecular flexibility index (Phi) is 8.02. The van der Waals surface area contributed by atoms with Gasteiger partial charge in [0.1, 0.15) is 0 Å². The Morgan fingerprint density at radius 1 is 0.700 bits per heavy atom. The summed E-state index contributed by atoms with van der Waals surface area (Å²) in [6, 6.07) is 13.0. The van der Waals surface area contributed by atoms with Gasteiger partial charge in [-0.2, -0.15) is 0 Å². The first kappa shape index (κ1) is 22.5. The average molecular weight is 481 g/mol. The van der Waals surface area contributed by atoms with E-state index >= 15 is 0 Å². The van der Waals surface area contributed by atoms with Crippen molar-refractivity contribution in [1.82, 2.24) is 0 Å². The smallest absolute Gasteiger partial charge is 0.265 e. The van der Waals surface area contributed by atoms with Gasteiger partial charge in [-0.15, -0.1) is 23.5 Å². The zero-order valence-corrected chi connectivity index (χ0v) is 18.8. The fraction of sp³-hybridized carbons (Fsp3) is 0.211. The van der Waals surface area contributed by atoms with Crippen LogP contribution in [-0.2, 0) is 12.8 Å². The van der Waals surface area contributed by atoms with Crippen LogP contribution in [0.5, 0.6) is 0 Å². The number of nitro groups is 2. The molecule has 0 aliphatic carbocycles. The maximum atomic E-state index is 11.9. The summed E-state index contributed by atoms with van der Waals surface area (Å²) in [5.74, 6) is 1.56. The fourth-order valence-electron chi connectivity index (χ4n) is 2.52. The van der Waals surface area contributed by atoms with Crippen LogP contribution in [-0.4, -0.2) is 21.4 Å². The zero-order valence-electron chi connectivity index (χ0n) is 15.5. The molecule has 0 amide bonds. The Balaban J connectivity index is 1.50. The molecule has 0 spiro atoms. The molecular formula is C19H16N2O5S4. The molecule has 2 aromatic carbocycles. The molecule has 1 heterocycles. The first-order chi connectivity index (χ1) is 14.4. The highest BCUT2D eigenvalue weighted by atomic mass is 32.2. The van der Waals surface area contributed by atoms with Crippen LogP contribution < -0.4 is 4.06 Å². The van der Waals surface area contributed by atoms with E-state index in [-0.39, 0.29) is 15.4 Å². The minimum Gasteiger partial charge on any atom is -0.265 e. The lowest BCUT2D eigenvalue weighted by Crippen LogP contribution is -1.92. The van der Waals surface area contributed by atoms with Crippen molar-refractivity contribution in [3.05, 3.63) is 88.7 Å². The Bertz CT molecular complexity index is 994.